The van der Waals surface area contributed by atoms with E-state index < -0.39 is 0 Å². The molecule has 0 N–H and O–H groups in total. The summed E-state index contributed by atoms with van der Waals surface area (Å²) < 4.78 is 13.0. The summed E-state index contributed by atoms with van der Waals surface area (Å²) in [5.41, 5.74) is 3.61. The zero-order chi connectivity index (χ0) is 21.3. The molecule has 4 aromatic rings. The lowest BCUT2D eigenvalue weighted by Gasteiger charge is -2.07. The number of esters is 1. The summed E-state index contributed by atoms with van der Waals surface area (Å²) in [4.78, 5) is 12.2. The van der Waals surface area contributed by atoms with Crippen molar-refractivity contribution in [3.05, 3.63) is 103 Å². The summed E-state index contributed by atoms with van der Waals surface area (Å²) >= 11 is 0. The van der Waals surface area contributed by atoms with Crippen molar-refractivity contribution < 1.29 is 14.3 Å². The summed E-state index contributed by atoms with van der Waals surface area (Å²) in [6.07, 6.45) is 2.83. The Hall–Kier alpha value is -3.86. The average molecular weight is 412 g/mol. The Morgan fingerprint density at radius 2 is 1.48 bits per heavy atom. The fourth-order valence-electron chi connectivity index (χ4n) is 3.22. The molecular formula is C26H24N2O3. The summed E-state index contributed by atoms with van der Waals surface area (Å²) in [7, 11) is 0. The van der Waals surface area contributed by atoms with Crippen LogP contribution in [-0.2, 0) is 16.1 Å². The Balaban J connectivity index is 1.38. The molecule has 1 heterocycles. The third kappa shape index (κ3) is 5.60. The molecule has 1 aromatic heterocycles. The zero-order valence-corrected chi connectivity index (χ0v) is 17.2. The van der Waals surface area contributed by atoms with Crippen LogP contribution in [0.3, 0.4) is 0 Å². The van der Waals surface area contributed by atoms with E-state index in [0.29, 0.717) is 19.4 Å². The summed E-state index contributed by atoms with van der Waals surface area (Å²) in [6, 6.07) is 29.4. The standard InChI is InChI=1S/C26H24N2O3/c29-25(17-10-18-30-24-15-8-3-9-16-24)31-20-22-19-28(23-13-6-2-7-14-23)27-26(22)21-11-4-1-5-12-21/h1-9,11-16,19H,10,17-18,20H2. The second kappa shape index (κ2) is 10.3. The summed E-state index contributed by atoms with van der Waals surface area (Å²) in [6.45, 7) is 0.649. The highest BCUT2D eigenvalue weighted by atomic mass is 16.5. The van der Waals surface area contributed by atoms with Gasteiger partial charge in [-0.2, -0.15) is 5.10 Å². The zero-order valence-electron chi connectivity index (χ0n) is 17.2. The second-order valence-electron chi connectivity index (χ2n) is 7.07. The number of hydrogen-bond acceptors (Lipinski definition) is 4. The molecule has 156 valence electrons. The van der Waals surface area contributed by atoms with E-state index in [-0.39, 0.29) is 12.6 Å². The first-order chi connectivity index (χ1) is 15.3. The van der Waals surface area contributed by atoms with Crippen molar-refractivity contribution in [1.29, 1.82) is 0 Å². The first-order valence-electron chi connectivity index (χ1n) is 10.3. The Morgan fingerprint density at radius 1 is 0.839 bits per heavy atom. The molecule has 3 aromatic carbocycles. The molecule has 0 aliphatic heterocycles. The van der Waals surface area contributed by atoms with E-state index in [1.165, 1.54) is 0 Å². The van der Waals surface area contributed by atoms with Crippen molar-refractivity contribution in [2.24, 2.45) is 0 Å². The Labute approximate surface area is 181 Å². The lowest BCUT2D eigenvalue weighted by molar-refractivity contribution is -0.145. The molecule has 4 rings (SSSR count). The van der Waals surface area contributed by atoms with Crippen LogP contribution in [0.5, 0.6) is 5.75 Å². The molecule has 0 spiro atoms. The number of carbonyl (C=O) groups is 1. The highest BCUT2D eigenvalue weighted by Crippen LogP contribution is 2.24. The molecule has 0 saturated carbocycles. The quantitative estimate of drug-likeness (QED) is 0.271. The van der Waals surface area contributed by atoms with Crippen LogP contribution in [0.1, 0.15) is 18.4 Å². The van der Waals surface area contributed by atoms with Crippen LogP contribution in [0.15, 0.2) is 97.2 Å². The minimum absolute atomic E-state index is 0.176. The minimum atomic E-state index is -0.247. The number of ether oxygens (including phenoxy) is 2. The van der Waals surface area contributed by atoms with E-state index >= 15 is 0 Å². The number of aromatic nitrogens is 2. The van der Waals surface area contributed by atoms with Gasteiger partial charge in [0.1, 0.15) is 12.4 Å². The smallest absolute Gasteiger partial charge is 0.306 e. The van der Waals surface area contributed by atoms with Gasteiger partial charge in [0.25, 0.3) is 0 Å². The van der Waals surface area contributed by atoms with Crippen LogP contribution in [-0.4, -0.2) is 22.4 Å². The number of para-hydroxylation sites is 2. The van der Waals surface area contributed by atoms with Crippen molar-refractivity contribution in [3.63, 3.8) is 0 Å². The van der Waals surface area contributed by atoms with Crippen molar-refractivity contribution in [2.45, 2.75) is 19.4 Å². The average Bonchev–Trinajstić information content (AvgIpc) is 3.27. The van der Waals surface area contributed by atoms with Gasteiger partial charge in [0.15, 0.2) is 0 Å². The molecule has 0 unspecified atom stereocenters. The molecule has 0 saturated heterocycles. The molecular weight excluding hydrogens is 388 g/mol. The molecule has 0 aliphatic carbocycles. The summed E-state index contributed by atoms with van der Waals surface area (Å²) in [5.74, 6) is 0.555. The molecule has 0 atom stereocenters. The van der Waals surface area contributed by atoms with Crippen molar-refractivity contribution in [1.82, 2.24) is 9.78 Å². The first-order valence-corrected chi connectivity index (χ1v) is 10.3. The Kier molecular flexibility index (Phi) is 6.75. The van der Waals surface area contributed by atoms with E-state index in [9.17, 15) is 4.79 Å². The predicted octanol–water partition coefficient (Wildman–Crippen LogP) is 5.44. The molecule has 0 fully saturated rings. The van der Waals surface area contributed by atoms with E-state index in [1.54, 1.807) is 0 Å². The van der Waals surface area contributed by atoms with Gasteiger partial charge in [0.2, 0.25) is 0 Å². The highest BCUT2D eigenvalue weighted by Gasteiger charge is 2.14. The SMILES string of the molecule is O=C(CCCOc1ccccc1)OCc1cn(-c2ccccc2)nc1-c1ccccc1. The normalized spacial score (nSPS) is 10.6. The van der Waals surface area contributed by atoms with Crippen molar-refractivity contribution in [2.75, 3.05) is 6.61 Å². The lowest BCUT2D eigenvalue weighted by atomic mass is 10.1. The number of carbonyl (C=O) groups excluding carboxylic acids is 1. The second-order valence-corrected chi connectivity index (χ2v) is 7.07. The summed E-state index contributed by atoms with van der Waals surface area (Å²) in [5, 5.41) is 4.74. The largest absolute Gasteiger partial charge is 0.494 e. The van der Waals surface area contributed by atoms with Gasteiger partial charge in [-0.05, 0) is 30.7 Å². The maximum Gasteiger partial charge on any atom is 0.306 e. The Morgan fingerprint density at radius 3 is 2.19 bits per heavy atom. The Bertz CT molecular complexity index is 1090. The third-order valence-electron chi connectivity index (χ3n) is 4.78. The number of rotatable bonds is 9. The molecule has 0 amide bonds. The van der Waals surface area contributed by atoms with Gasteiger partial charge < -0.3 is 9.47 Å². The van der Waals surface area contributed by atoms with E-state index in [2.05, 4.69) is 0 Å². The predicted molar refractivity (Wildman–Crippen MR) is 120 cm³/mol. The minimum Gasteiger partial charge on any atom is -0.494 e. The van der Waals surface area contributed by atoms with Crippen molar-refractivity contribution >= 4 is 5.97 Å². The molecule has 5 heteroatoms. The van der Waals surface area contributed by atoms with Gasteiger partial charge in [-0.1, -0.05) is 66.7 Å². The third-order valence-corrected chi connectivity index (χ3v) is 4.78. The van der Waals surface area contributed by atoms with E-state index in [1.807, 2.05) is 102 Å². The topological polar surface area (TPSA) is 53.4 Å². The fraction of sp³-hybridized carbons (Fsp3) is 0.154. The van der Waals surface area contributed by atoms with Crippen molar-refractivity contribution in [3.8, 4) is 22.7 Å². The van der Waals surface area contributed by atoms with Gasteiger partial charge >= 0.3 is 5.97 Å². The lowest BCUT2D eigenvalue weighted by Crippen LogP contribution is -2.07. The fourth-order valence-corrected chi connectivity index (χ4v) is 3.22. The van der Waals surface area contributed by atoms with Gasteiger partial charge in [0, 0.05) is 23.7 Å². The van der Waals surface area contributed by atoms with Gasteiger partial charge in [-0.25, -0.2) is 4.68 Å². The van der Waals surface area contributed by atoms with Crippen LogP contribution in [0.4, 0.5) is 0 Å². The first kappa shape index (κ1) is 20.4. The molecule has 0 radical (unpaired) electrons. The van der Waals surface area contributed by atoms with Crippen LogP contribution >= 0.6 is 0 Å². The van der Waals surface area contributed by atoms with Crippen LogP contribution in [0, 0.1) is 0 Å². The van der Waals surface area contributed by atoms with Crippen LogP contribution < -0.4 is 4.74 Å². The van der Waals surface area contributed by atoms with E-state index in [4.69, 9.17) is 14.6 Å². The maximum atomic E-state index is 12.2. The highest BCUT2D eigenvalue weighted by molar-refractivity contribution is 5.70. The van der Waals surface area contributed by atoms with Crippen LogP contribution in [0.2, 0.25) is 0 Å². The van der Waals surface area contributed by atoms with Gasteiger partial charge in [-0.3, -0.25) is 4.79 Å². The van der Waals surface area contributed by atoms with Crippen LogP contribution in [0.25, 0.3) is 16.9 Å². The maximum absolute atomic E-state index is 12.2. The number of benzene rings is 3. The number of hydrogen-bond donors (Lipinski definition) is 0. The molecule has 0 bridgehead atoms. The van der Waals surface area contributed by atoms with Gasteiger partial charge in [-0.15, -0.1) is 0 Å². The van der Waals surface area contributed by atoms with Gasteiger partial charge in [0.05, 0.1) is 18.0 Å². The molecule has 31 heavy (non-hydrogen) atoms. The monoisotopic (exact) mass is 412 g/mol. The molecule has 5 nitrogen and oxygen atoms in total. The number of nitrogens with zero attached hydrogens (tertiary/aromatic N) is 2. The molecule has 0 aliphatic rings. The van der Waals surface area contributed by atoms with E-state index in [0.717, 1.165) is 28.3 Å².